The normalized spacial score (nSPS) is 20.1. The molecule has 0 fully saturated rings. The van der Waals surface area contributed by atoms with Gasteiger partial charge in [-0.3, -0.25) is 9.36 Å². The smallest absolute Gasteiger partial charge is 0.342 e. The molecular formula is C21H29N6O5P. The van der Waals surface area contributed by atoms with Crippen molar-refractivity contribution in [2.24, 2.45) is 0 Å². The quantitative estimate of drug-likeness (QED) is 0.308. The third-order valence-corrected chi connectivity index (χ3v) is 5.74. The molecule has 0 spiro atoms. The summed E-state index contributed by atoms with van der Waals surface area (Å²) in [5, 5.41) is 2.46. The molecule has 2 aromatic heterocycles. The second kappa shape index (κ2) is 10.7. The van der Waals surface area contributed by atoms with Gasteiger partial charge in [0.05, 0.1) is 29.1 Å². The van der Waals surface area contributed by atoms with Gasteiger partial charge >= 0.3 is 13.5 Å². The zero-order valence-electron chi connectivity index (χ0n) is 25.2. The summed E-state index contributed by atoms with van der Waals surface area (Å²) in [5.74, 6) is -0.943. The van der Waals surface area contributed by atoms with Crippen LogP contribution in [0, 0.1) is 0 Å². The minimum absolute atomic E-state index is 0.0556. The van der Waals surface area contributed by atoms with E-state index in [1.165, 1.54) is 19.1 Å². The molecule has 1 aromatic carbocycles. The topological polar surface area (TPSA) is 143 Å². The lowest BCUT2D eigenvalue weighted by Gasteiger charge is -2.25. The van der Waals surface area contributed by atoms with Crippen molar-refractivity contribution in [2.75, 3.05) is 12.1 Å². The Bertz CT molecular complexity index is 1410. The third kappa shape index (κ3) is 6.74. The van der Waals surface area contributed by atoms with Crippen molar-refractivity contribution in [3.05, 3.63) is 43.0 Å². The largest absolute Gasteiger partial charge is 0.462 e. The van der Waals surface area contributed by atoms with E-state index in [0.717, 1.165) is 6.33 Å². The molecular weight excluding hydrogens is 447 g/mol. The Morgan fingerprint density at radius 1 is 1.33 bits per heavy atom. The van der Waals surface area contributed by atoms with Crippen molar-refractivity contribution < 1.29 is 33.0 Å². The first-order valence-corrected chi connectivity index (χ1v) is 11.6. The van der Waals surface area contributed by atoms with Gasteiger partial charge in [-0.1, -0.05) is 18.2 Å². The van der Waals surface area contributed by atoms with E-state index in [9.17, 15) is 9.36 Å². The zero-order chi connectivity index (χ0) is 30.1. The van der Waals surface area contributed by atoms with Gasteiger partial charge in [0.15, 0.2) is 11.5 Å². The first-order valence-electron chi connectivity index (χ1n) is 13.3. The zero-order valence-corrected chi connectivity index (χ0v) is 19.1. The number of anilines is 1. The van der Waals surface area contributed by atoms with Gasteiger partial charge in [-0.25, -0.2) is 20.0 Å². The molecule has 0 saturated carbocycles. The van der Waals surface area contributed by atoms with Crippen LogP contribution in [0.3, 0.4) is 0 Å². The summed E-state index contributed by atoms with van der Waals surface area (Å²) in [5.41, 5.74) is 5.19. The fourth-order valence-corrected chi connectivity index (χ4v) is 4.22. The van der Waals surface area contributed by atoms with E-state index in [2.05, 4.69) is 20.0 Å². The average molecular weight is 484 g/mol. The number of carbonyl (C=O) groups excluding carboxylic acids is 1. The number of nitrogen functional groups attached to an aromatic ring is 1. The van der Waals surface area contributed by atoms with Gasteiger partial charge < -0.3 is 24.3 Å². The Morgan fingerprint density at radius 2 is 2.09 bits per heavy atom. The van der Waals surface area contributed by atoms with E-state index >= 15 is 0 Å². The number of hydrogen-bond acceptors (Lipinski definition) is 9. The van der Waals surface area contributed by atoms with Crippen molar-refractivity contribution in [2.45, 2.75) is 52.3 Å². The molecule has 178 valence electrons. The lowest BCUT2D eigenvalue weighted by molar-refractivity contribution is -0.149. The number of para-hydroxylation sites is 1. The predicted octanol–water partition coefficient (Wildman–Crippen LogP) is 2.97. The monoisotopic (exact) mass is 483 g/mol. The second-order valence-electron chi connectivity index (χ2n) is 7.11. The first kappa shape index (κ1) is 16.6. The van der Waals surface area contributed by atoms with Crippen LogP contribution in [0.5, 0.6) is 5.75 Å². The molecule has 1 unspecified atom stereocenters. The van der Waals surface area contributed by atoms with Crippen molar-refractivity contribution >= 4 is 30.5 Å². The summed E-state index contributed by atoms with van der Waals surface area (Å²) in [6, 6.07) is 6.45. The minimum atomic E-state index is -4.40. The Hall–Kier alpha value is -3.01. The number of benzene rings is 1. The molecule has 33 heavy (non-hydrogen) atoms. The first-order chi connectivity index (χ1) is 18.4. The molecule has 3 rings (SSSR count). The molecule has 0 saturated heterocycles. The second-order valence-corrected chi connectivity index (χ2v) is 9.15. The molecule has 0 aliphatic carbocycles. The maximum atomic E-state index is 13.9. The number of aromatic nitrogens is 4. The minimum Gasteiger partial charge on any atom is -0.462 e. The van der Waals surface area contributed by atoms with E-state index in [4.69, 9.17) is 29.3 Å². The van der Waals surface area contributed by atoms with Crippen LogP contribution in [0.4, 0.5) is 5.82 Å². The van der Waals surface area contributed by atoms with E-state index in [-0.39, 0.29) is 22.7 Å². The fourth-order valence-electron chi connectivity index (χ4n) is 2.59. The highest BCUT2D eigenvalue weighted by Gasteiger charge is 2.32. The van der Waals surface area contributed by atoms with Crippen molar-refractivity contribution in [1.29, 1.82) is 0 Å². The molecule has 12 heteroatoms. The summed E-state index contributed by atoms with van der Waals surface area (Å²) in [7, 11) is -4.40. The SMILES string of the molecule is [2H]c1nc2c(N)ncnc2n1C([2H])([2H])C([2H])(OC[P@](=O)(N[C@@H](C)C(=O)OC(C)C)Oc1ccccc1)C([2H])([2H])[2H]. The lowest BCUT2D eigenvalue weighted by Crippen LogP contribution is -2.37. The van der Waals surface area contributed by atoms with Crippen LogP contribution < -0.4 is 15.3 Å². The van der Waals surface area contributed by atoms with Crippen LogP contribution in [-0.4, -0.2) is 50.1 Å². The van der Waals surface area contributed by atoms with Gasteiger partial charge in [-0.15, -0.1) is 0 Å². The van der Waals surface area contributed by atoms with Crippen LogP contribution in [-0.2, 0) is 25.3 Å². The van der Waals surface area contributed by atoms with Gasteiger partial charge in [0.25, 0.3) is 0 Å². The summed E-state index contributed by atoms with van der Waals surface area (Å²) in [6.45, 7) is -2.35. The molecule has 0 radical (unpaired) electrons. The van der Waals surface area contributed by atoms with Gasteiger partial charge in [0.2, 0.25) is 0 Å². The van der Waals surface area contributed by atoms with Gasteiger partial charge in [-0.2, -0.15) is 0 Å². The molecule has 2 heterocycles. The van der Waals surface area contributed by atoms with Crippen LogP contribution in [0.15, 0.2) is 43.0 Å². The predicted molar refractivity (Wildman–Crippen MR) is 124 cm³/mol. The highest BCUT2D eigenvalue weighted by atomic mass is 31.2. The van der Waals surface area contributed by atoms with Crippen LogP contribution in [0.1, 0.15) is 37.2 Å². The number of carbonyl (C=O) groups is 1. The average Bonchev–Trinajstić information content (AvgIpc) is 3.19. The molecule has 0 bridgehead atoms. The number of hydrogen-bond donors (Lipinski definition) is 2. The summed E-state index contributed by atoms with van der Waals surface area (Å²) in [4.78, 5) is 23.8. The summed E-state index contributed by atoms with van der Waals surface area (Å²) >= 11 is 0. The molecule has 0 aliphatic rings. The number of esters is 1. The van der Waals surface area contributed by atoms with Crippen molar-refractivity contribution in [1.82, 2.24) is 24.6 Å². The fraction of sp³-hybridized carbons (Fsp3) is 0.429. The Morgan fingerprint density at radius 3 is 2.79 bits per heavy atom. The molecule has 3 atom stereocenters. The summed E-state index contributed by atoms with van der Waals surface area (Å²) < 4.78 is 88.6. The van der Waals surface area contributed by atoms with E-state index in [0.29, 0.717) is 4.57 Å². The Balaban J connectivity index is 2.04. The van der Waals surface area contributed by atoms with Crippen LogP contribution in [0.25, 0.3) is 11.2 Å². The van der Waals surface area contributed by atoms with E-state index in [1.54, 1.807) is 32.0 Å². The third-order valence-electron chi connectivity index (χ3n) is 3.99. The number of fused-ring (bicyclic) bond motifs is 1. The van der Waals surface area contributed by atoms with E-state index in [1.807, 2.05) is 0 Å². The molecule has 0 amide bonds. The molecule has 3 N–H and O–H groups in total. The number of nitrogens with one attached hydrogen (secondary N) is 1. The van der Waals surface area contributed by atoms with Crippen LogP contribution in [0.2, 0.25) is 0 Å². The summed E-state index contributed by atoms with van der Waals surface area (Å²) in [6.07, 6.45) is -5.05. The number of imidazole rings is 1. The number of nitrogens with zero attached hydrogens (tertiary/aromatic N) is 4. The van der Waals surface area contributed by atoms with Crippen molar-refractivity contribution in [3.63, 3.8) is 0 Å². The van der Waals surface area contributed by atoms with Gasteiger partial charge in [-0.05, 0) is 39.8 Å². The highest BCUT2D eigenvalue weighted by Crippen LogP contribution is 2.44. The maximum Gasteiger partial charge on any atom is 0.342 e. The van der Waals surface area contributed by atoms with Gasteiger partial charge in [0, 0.05) is 4.11 Å². The highest BCUT2D eigenvalue weighted by molar-refractivity contribution is 7.57. The van der Waals surface area contributed by atoms with E-state index < -0.39 is 57.7 Å². The molecule has 3 aromatic rings. The van der Waals surface area contributed by atoms with Gasteiger partial charge in [0.1, 0.15) is 31.4 Å². The molecule has 11 nitrogen and oxygen atoms in total. The Kier molecular flexibility index (Phi) is 5.39. The number of rotatable bonds is 11. The number of nitrogens with two attached hydrogens (primary N) is 1. The van der Waals surface area contributed by atoms with Crippen molar-refractivity contribution in [3.8, 4) is 5.75 Å². The number of ether oxygens (including phenoxy) is 2. The van der Waals surface area contributed by atoms with Crippen LogP contribution >= 0.6 is 7.52 Å². The standard InChI is InChI=1S/C21H29N6O5P/c1-14(2)31-21(28)16(4)26-33(29,32-17-8-6-5-7-9-17)13-30-15(3)10-27-12-25-18-19(22)23-11-24-20(18)27/h5-9,11-12,14-16H,10,13H2,1-4H3,(H,26,29)(H2,22,23,24)/t15?,16-,33+/m0/s1/i3D3,10D2,12D,15D. The Labute approximate surface area is 202 Å². The molecule has 0 aliphatic heterocycles. The lowest BCUT2D eigenvalue weighted by atomic mass is 10.3. The maximum absolute atomic E-state index is 13.9.